The molecule has 0 aromatic carbocycles. The van der Waals surface area contributed by atoms with Crippen molar-refractivity contribution in [2.75, 3.05) is 6.61 Å². The Hall–Kier alpha value is 0.340. The molecule has 0 aromatic heterocycles. The molecule has 0 aliphatic carbocycles. The van der Waals surface area contributed by atoms with Gasteiger partial charge in [-0.3, -0.25) is 9.35 Å². The normalized spacial score (nSPS) is 12.6. The number of unbranched alkanes of at least 4 members (excludes halogenated alkanes) is 10. The molecule has 6 nitrogen and oxygen atoms in total. The van der Waals surface area contributed by atoms with Gasteiger partial charge in [-0.05, 0) is 25.2 Å². The van der Waals surface area contributed by atoms with Gasteiger partial charge in [0.2, 0.25) is 0 Å². The maximum Gasteiger partial charge on any atom is 0.397 e. The predicted octanol–water partition coefficient (Wildman–Crippen LogP) is 5.86. The second kappa shape index (κ2) is 21.2. The van der Waals surface area contributed by atoms with Crippen LogP contribution in [0.25, 0.3) is 0 Å². The van der Waals surface area contributed by atoms with Crippen LogP contribution in [0.2, 0.25) is 0 Å². The van der Waals surface area contributed by atoms with Crippen molar-refractivity contribution in [3.63, 3.8) is 0 Å². The zero-order valence-electron chi connectivity index (χ0n) is 19.9. The van der Waals surface area contributed by atoms with E-state index in [0.717, 1.165) is 51.4 Å². The molecule has 175 valence electrons. The van der Waals surface area contributed by atoms with Crippen LogP contribution in [0.15, 0.2) is 0 Å². The van der Waals surface area contributed by atoms with E-state index in [9.17, 15) is 13.2 Å². The largest absolute Gasteiger partial charge is 0.465 e. The van der Waals surface area contributed by atoms with E-state index in [4.69, 9.17) is 13.5 Å². The molecule has 0 bridgehead atoms. The molecule has 0 saturated heterocycles. The number of carbonyl (C=O) groups is 1. The Morgan fingerprint density at radius 3 is 1.77 bits per heavy atom. The summed E-state index contributed by atoms with van der Waals surface area (Å²) in [6, 6.07) is 0. The number of esters is 1. The van der Waals surface area contributed by atoms with Crippen LogP contribution in [-0.4, -0.2) is 61.2 Å². The smallest absolute Gasteiger partial charge is 0.397 e. The van der Waals surface area contributed by atoms with Gasteiger partial charge in [0.25, 0.3) is 0 Å². The van der Waals surface area contributed by atoms with Gasteiger partial charge in [0.05, 0.1) is 12.7 Å². The maximum absolute atomic E-state index is 11.5. The van der Waals surface area contributed by atoms with E-state index in [2.05, 4.69) is 6.92 Å². The third kappa shape index (κ3) is 24.6. The average molecular weight is 460 g/mol. The molecular weight excluding hydrogens is 415 g/mol. The quantitative estimate of drug-likeness (QED) is 0.106. The third-order valence-corrected chi connectivity index (χ3v) is 5.39. The van der Waals surface area contributed by atoms with Crippen molar-refractivity contribution in [1.29, 1.82) is 0 Å². The number of hydrogen-bond acceptors (Lipinski definition) is 5. The second-order valence-corrected chi connectivity index (χ2v) is 9.49. The predicted molar refractivity (Wildman–Crippen MR) is 123 cm³/mol. The Morgan fingerprint density at radius 2 is 1.30 bits per heavy atom. The topological polar surface area (TPSA) is 89.9 Å². The van der Waals surface area contributed by atoms with Gasteiger partial charge in [0.15, 0.2) is 0 Å². The second-order valence-electron chi connectivity index (χ2n) is 8.44. The van der Waals surface area contributed by atoms with Gasteiger partial charge in [-0.1, -0.05) is 91.4 Å². The van der Waals surface area contributed by atoms with Crippen molar-refractivity contribution < 1.29 is 26.7 Å². The monoisotopic (exact) mass is 459 g/mol. The first-order valence-electron chi connectivity index (χ1n) is 11.6. The number of ether oxygens (including phenoxy) is 1. The minimum atomic E-state index is -4.40. The van der Waals surface area contributed by atoms with Gasteiger partial charge in [0.1, 0.15) is 0 Å². The van der Waals surface area contributed by atoms with Crippen LogP contribution in [0.5, 0.6) is 0 Å². The Morgan fingerprint density at radius 1 is 0.833 bits per heavy atom. The molecule has 0 aliphatic rings. The first kappa shape index (κ1) is 32.5. The fourth-order valence-corrected chi connectivity index (χ4v) is 3.78. The Balaban J connectivity index is 0. The molecule has 1 atom stereocenters. The molecule has 0 spiro atoms. The molecule has 0 fully saturated rings. The standard InChI is InChI=1S/C22H44O6S.Na/c1-4-5-6-7-8-10-13-16-21(28-29(24,25)26)17-14-11-9-12-15-18-22(23)27-19-20(2)3;/h20-21H,4-19H2,1-3H3,(H,24,25,26);. The molecule has 1 radical (unpaired) electrons. The zero-order valence-corrected chi connectivity index (χ0v) is 22.7. The SMILES string of the molecule is CCCCCCCCCC(CCCCCCCC(=O)OCC(C)C)OS(=O)(=O)O.[Na]. The van der Waals surface area contributed by atoms with E-state index >= 15 is 0 Å². The molecule has 0 saturated carbocycles. The summed E-state index contributed by atoms with van der Waals surface area (Å²) in [4.78, 5) is 11.5. The molecule has 1 N–H and O–H groups in total. The maximum atomic E-state index is 11.5. The van der Waals surface area contributed by atoms with Crippen molar-refractivity contribution in [1.82, 2.24) is 0 Å². The Kier molecular flexibility index (Phi) is 23.0. The van der Waals surface area contributed by atoms with Crippen LogP contribution in [0.3, 0.4) is 0 Å². The summed E-state index contributed by atoms with van der Waals surface area (Å²) in [7, 11) is -4.40. The molecule has 0 amide bonds. The molecule has 0 aliphatic heterocycles. The molecule has 1 unspecified atom stereocenters. The number of rotatable bonds is 20. The van der Waals surface area contributed by atoms with Crippen molar-refractivity contribution in [3.05, 3.63) is 0 Å². The van der Waals surface area contributed by atoms with Gasteiger partial charge in [-0.15, -0.1) is 0 Å². The third-order valence-electron chi connectivity index (χ3n) is 4.87. The molecular formula is C22H44NaO6S. The summed E-state index contributed by atoms with van der Waals surface area (Å²) in [6.07, 6.45) is 14.0. The summed E-state index contributed by atoms with van der Waals surface area (Å²) in [5.74, 6) is 0.230. The van der Waals surface area contributed by atoms with E-state index in [1.807, 2.05) is 13.8 Å². The van der Waals surface area contributed by atoms with Crippen molar-refractivity contribution in [2.45, 2.75) is 123 Å². The average Bonchev–Trinajstić information content (AvgIpc) is 2.63. The summed E-state index contributed by atoms with van der Waals surface area (Å²) in [5, 5.41) is 0. The Bertz CT molecular complexity index is 496. The number of carbonyl (C=O) groups excluding carboxylic acids is 1. The summed E-state index contributed by atoms with van der Waals surface area (Å²) in [5.41, 5.74) is 0. The van der Waals surface area contributed by atoms with E-state index in [1.54, 1.807) is 0 Å². The van der Waals surface area contributed by atoms with Gasteiger partial charge >= 0.3 is 16.4 Å². The zero-order chi connectivity index (χ0) is 22.0. The van der Waals surface area contributed by atoms with Crippen LogP contribution in [0.4, 0.5) is 0 Å². The van der Waals surface area contributed by atoms with Gasteiger partial charge < -0.3 is 4.74 Å². The fraction of sp³-hybridized carbons (Fsp3) is 0.955. The summed E-state index contributed by atoms with van der Waals surface area (Å²) in [6.45, 7) is 6.70. The first-order valence-corrected chi connectivity index (χ1v) is 12.9. The van der Waals surface area contributed by atoms with Gasteiger partial charge in [0, 0.05) is 36.0 Å². The minimum Gasteiger partial charge on any atom is -0.465 e. The first-order chi connectivity index (χ1) is 13.7. The van der Waals surface area contributed by atoms with Crippen LogP contribution in [0, 0.1) is 5.92 Å². The summed E-state index contributed by atoms with van der Waals surface area (Å²) < 4.78 is 41.1. The molecule has 0 heterocycles. The van der Waals surface area contributed by atoms with E-state index in [0.29, 0.717) is 31.8 Å². The van der Waals surface area contributed by atoms with Crippen molar-refractivity contribution in [2.24, 2.45) is 5.92 Å². The van der Waals surface area contributed by atoms with Crippen LogP contribution in [0.1, 0.15) is 117 Å². The minimum absolute atomic E-state index is 0. The van der Waals surface area contributed by atoms with E-state index in [-0.39, 0.29) is 35.5 Å². The molecule has 0 aromatic rings. The molecule has 0 rings (SSSR count). The number of hydrogen-bond donors (Lipinski definition) is 1. The Labute approximate surface area is 207 Å². The molecule has 30 heavy (non-hydrogen) atoms. The molecule has 8 heteroatoms. The van der Waals surface area contributed by atoms with Crippen LogP contribution in [-0.2, 0) is 24.1 Å². The van der Waals surface area contributed by atoms with Gasteiger partial charge in [-0.25, -0.2) is 4.18 Å². The van der Waals surface area contributed by atoms with Crippen molar-refractivity contribution >= 4 is 45.9 Å². The van der Waals surface area contributed by atoms with Crippen LogP contribution < -0.4 is 0 Å². The van der Waals surface area contributed by atoms with E-state index in [1.165, 1.54) is 25.7 Å². The van der Waals surface area contributed by atoms with E-state index < -0.39 is 16.5 Å². The van der Waals surface area contributed by atoms with Crippen LogP contribution >= 0.6 is 0 Å². The fourth-order valence-electron chi connectivity index (χ4n) is 3.25. The van der Waals surface area contributed by atoms with Gasteiger partial charge in [-0.2, -0.15) is 8.42 Å². The van der Waals surface area contributed by atoms with Crippen molar-refractivity contribution in [3.8, 4) is 0 Å². The summed E-state index contributed by atoms with van der Waals surface area (Å²) >= 11 is 0.